The smallest absolute Gasteiger partial charge is 0.0487 e. The standard InChI is InChI=1S/C8H14O/c1-7-2-3-8(4-7,5-7)6-9/h9H,2-6H2,1H3. The van der Waals surface area contributed by atoms with Gasteiger partial charge in [0.1, 0.15) is 0 Å². The van der Waals surface area contributed by atoms with Crippen molar-refractivity contribution in [3.8, 4) is 0 Å². The third kappa shape index (κ3) is 0.586. The zero-order valence-corrected chi connectivity index (χ0v) is 5.98. The van der Waals surface area contributed by atoms with Gasteiger partial charge in [-0.3, -0.25) is 0 Å². The Balaban J connectivity index is 2.12. The van der Waals surface area contributed by atoms with Gasteiger partial charge in [0.05, 0.1) is 0 Å². The van der Waals surface area contributed by atoms with Gasteiger partial charge in [-0.05, 0) is 36.5 Å². The molecule has 0 aromatic rings. The molecule has 0 aromatic carbocycles. The molecule has 1 heteroatoms. The molecule has 0 radical (unpaired) electrons. The quantitative estimate of drug-likeness (QED) is 0.565. The fourth-order valence-corrected chi connectivity index (χ4v) is 2.87. The Morgan fingerprint density at radius 3 is 2.22 bits per heavy atom. The molecule has 0 heterocycles. The molecule has 3 saturated carbocycles. The molecule has 3 aliphatic rings. The Hall–Kier alpha value is -0.0400. The van der Waals surface area contributed by atoms with E-state index in [0.717, 1.165) is 0 Å². The highest BCUT2D eigenvalue weighted by Gasteiger charge is 2.57. The van der Waals surface area contributed by atoms with E-state index in [4.69, 9.17) is 5.11 Å². The molecule has 0 amide bonds. The summed E-state index contributed by atoms with van der Waals surface area (Å²) in [7, 11) is 0. The van der Waals surface area contributed by atoms with Crippen molar-refractivity contribution in [1.82, 2.24) is 0 Å². The molecule has 1 N–H and O–H groups in total. The van der Waals surface area contributed by atoms with Crippen LogP contribution >= 0.6 is 0 Å². The maximum absolute atomic E-state index is 8.98. The van der Waals surface area contributed by atoms with E-state index in [-0.39, 0.29) is 0 Å². The van der Waals surface area contributed by atoms with E-state index in [0.29, 0.717) is 17.4 Å². The van der Waals surface area contributed by atoms with Crippen LogP contribution in [0.4, 0.5) is 0 Å². The SMILES string of the molecule is CC12CCC(CO)(C1)C2. The number of hydrogen-bond acceptors (Lipinski definition) is 1. The summed E-state index contributed by atoms with van der Waals surface area (Å²) >= 11 is 0. The maximum Gasteiger partial charge on any atom is 0.0487 e. The van der Waals surface area contributed by atoms with Crippen molar-refractivity contribution in [1.29, 1.82) is 0 Å². The Morgan fingerprint density at radius 1 is 1.33 bits per heavy atom. The lowest BCUT2D eigenvalue weighted by Crippen LogP contribution is -2.37. The molecule has 0 spiro atoms. The lowest BCUT2D eigenvalue weighted by Gasteiger charge is -2.44. The second-order valence-electron chi connectivity index (χ2n) is 4.32. The molecule has 3 aliphatic carbocycles. The first-order valence-corrected chi connectivity index (χ1v) is 3.79. The summed E-state index contributed by atoms with van der Waals surface area (Å²) in [5, 5.41) is 8.98. The van der Waals surface area contributed by atoms with Gasteiger partial charge in [-0.25, -0.2) is 0 Å². The van der Waals surface area contributed by atoms with Crippen molar-refractivity contribution in [3.63, 3.8) is 0 Å². The first kappa shape index (κ1) is 5.72. The molecule has 1 nitrogen and oxygen atoms in total. The fourth-order valence-electron chi connectivity index (χ4n) is 2.87. The normalized spacial score (nSPS) is 55.3. The molecule has 0 saturated heterocycles. The minimum atomic E-state index is 0.398. The van der Waals surface area contributed by atoms with Gasteiger partial charge < -0.3 is 5.11 Å². The Bertz CT molecular complexity index is 134. The van der Waals surface area contributed by atoms with Crippen molar-refractivity contribution < 1.29 is 5.11 Å². The Labute approximate surface area is 56.1 Å². The third-order valence-electron chi connectivity index (χ3n) is 3.20. The minimum absolute atomic E-state index is 0.398. The Kier molecular flexibility index (Phi) is 0.852. The van der Waals surface area contributed by atoms with Crippen molar-refractivity contribution in [3.05, 3.63) is 0 Å². The van der Waals surface area contributed by atoms with E-state index >= 15 is 0 Å². The van der Waals surface area contributed by atoms with Crippen LogP contribution < -0.4 is 0 Å². The summed E-state index contributed by atoms with van der Waals surface area (Å²) in [5.41, 5.74) is 1.04. The van der Waals surface area contributed by atoms with Crippen LogP contribution in [0.15, 0.2) is 0 Å². The first-order chi connectivity index (χ1) is 4.18. The molecule has 9 heavy (non-hydrogen) atoms. The van der Waals surface area contributed by atoms with E-state index in [9.17, 15) is 0 Å². The number of rotatable bonds is 1. The molecule has 0 unspecified atom stereocenters. The van der Waals surface area contributed by atoms with Crippen LogP contribution in [-0.4, -0.2) is 11.7 Å². The summed E-state index contributed by atoms with van der Waals surface area (Å²) in [6.07, 6.45) is 5.21. The van der Waals surface area contributed by atoms with Crippen LogP contribution in [0, 0.1) is 10.8 Å². The van der Waals surface area contributed by atoms with Crippen LogP contribution in [0.5, 0.6) is 0 Å². The summed E-state index contributed by atoms with van der Waals surface area (Å²) in [4.78, 5) is 0. The van der Waals surface area contributed by atoms with Gasteiger partial charge in [0, 0.05) is 6.61 Å². The molecule has 0 atom stereocenters. The van der Waals surface area contributed by atoms with Crippen LogP contribution in [-0.2, 0) is 0 Å². The second kappa shape index (κ2) is 1.34. The predicted octanol–water partition coefficient (Wildman–Crippen LogP) is 1.56. The topological polar surface area (TPSA) is 20.2 Å². The van der Waals surface area contributed by atoms with E-state index in [1.54, 1.807) is 0 Å². The lowest BCUT2D eigenvalue weighted by atomic mass is 9.62. The van der Waals surface area contributed by atoms with E-state index < -0.39 is 0 Å². The van der Waals surface area contributed by atoms with E-state index in [2.05, 4.69) is 6.92 Å². The molecule has 52 valence electrons. The highest BCUT2D eigenvalue weighted by Crippen LogP contribution is 2.66. The van der Waals surface area contributed by atoms with Crippen molar-refractivity contribution >= 4 is 0 Å². The van der Waals surface area contributed by atoms with Crippen LogP contribution in [0.25, 0.3) is 0 Å². The highest BCUT2D eigenvalue weighted by atomic mass is 16.3. The van der Waals surface area contributed by atoms with Gasteiger partial charge in [0.2, 0.25) is 0 Å². The number of fused-ring (bicyclic) bond motifs is 1. The second-order valence-corrected chi connectivity index (χ2v) is 4.32. The lowest BCUT2D eigenvalue weighted by molar-refractivity contribution is 0.00627. The van der Waals surface area contributed by atoms with Gasteiger partial charge >= 0.3 is 0 Å². The van der Waals surface area contributed by atoms with Crippen LogP contribution in [0.1, 0.15) is 32.6 Å². The van der Waals surface area contributed by atoms with Crippen molar-refractivity contribution in [2.45, 2.75) is 32.6 Å². The zero-order valence-electron chi connectivity index (χ0n) is 5.98. The van der Waals surface area contributed by atoms with E-state index in [1.165, 1.54) is 25.7 Å². The number of hydrogen-bond donors (Lipinski definition) is 1. The molecule has 3 rings (SSSR count). The zero-order chi connectivity index (χ0) is 6.54. The molecule has 0 aliphatic heterocycles. The van der Waals surface area contributed by atoms with Gasteiger partial charge in [-0.1, -0.05) is 6.92 Å². The van der Waals surface area contributed by atoms with Gasteiger partial charge in [0.25, 0.3) is 0 Å². The largest absolute Gasteiger partial charge is 0.396 e. The fraction of sp³-hybridized carbons (Fsp3) is 1.00. The van der Waals surface area contributed by atoms with Gasteiger partial charge in [-0.2, -0.15) is 0 Å². The summed E-state index contributed by atoms with van der Waals surface area (Å²) in [5.74, 6) is 0. The molecule has 3 fully saturated rings. The monoisotopic (exact) mass is 126 g/mol. The van der Waals surface area contributed by atoms with Crippen LogP contribution in [0.3, 0.4) is 0 Å². The molecule has 0 aromatic heterocycles. The van der Waals surface area contributed by atoms with Crippen LogP contribution in [0.2, 0.25) is 0 Å². The van der Waals surface area contributed by atoms with E-state index in [1.807, 2.05) is 0 Å². The number of aliphatic hydroxyl groups excluding tert-OH is 1. The first-order valence-electron chi connectivity index (χ1n) is 3.79. The predicted molar refractivity (Wildman–Crippen MR) is 36.1 cm³/mol. The summed E-state index contributed by atoms with van der Waals surface area (Å²) in [6.45, 7) is 2.77. The number of aliphatic hydroxyl groups is 1. The average Bonchev–Trinajstić information content (AvgIpc) is 2.20. The van der Waals surface area contributed by atoms with Crippen molar-refractivity contribution in [2.75, 3.05) is 6.61 Å². The van der Waals surface area contributed by atoms with Gasteiger partial charge in [0.15, 0.2) is 0 Å². The average molecular weight is 126 g/mol. The summed E-state index contributed by atoms with van der Waals surface area (Å²) in [6, 6.07) is 0. The van der Waals surface area contributed by atoms with Gasteiger partial charge in [-0.15, -0.1) is 0 Å². The third-order valence-corrected chi connectivity index (χ3v) is 3.20. The Morgan fingerprint density at radius 2 is 2.00 bits per heavy atom. The van der Waals surface area contributed by atoms with Crippen molar-refractivity contribution in [2.24, 2.45) is 10.8 Å². The maximum atomic E-state index is 8.98. The highest BCUT2D eigenvalue weighted by molar-refractivity contribution is 5.07. The molecule has 2 bridgehead atoms. The summed E-state index contributed by atoms with van der Waals surface area (Å²) < 4.78 is 0. The minimum Gasteiger partial charge on any atom is -0.396 e. The molecular weight excluding hydrogens is 112 g/mol. The molecular formula is C8H14O.